The summed E-state index contributed by atoms with van der Waals surface area (Å²) in [5, 5.41) is 3.36. The topological polar surface area (TPSA) is 93.4 Å². The largest absolute Gasteiger partial charge is 0.381 e. The molecule has 6 heterocycles. The second-order valence-corrected chi connectivity index (χ2v) is 12.4. The standard InChI is InChI=1S/C35H32F2N4O4/c36-24-6-3-21(16-25(24)37)19-40-13-9-22-17-23(5-8-27(22)40)31-32(29-18-30(42)39-45-29)26(7-4-20-10-14-44-15-11-20)38-34-28-2-1-12-41(28)35(43)33(31)34/h3,5-6,8-9,13,16-18,20,28H,1-2,4,7,10-12,14-15,19H2,(H,39,42)/t28-/m1/s1. The second-order valence-electron chi connectivity index (χ2n) is 12.4. The monoisotopic (exact) mass is 610 g/mol. The summed E-state index contributed by atoms with van der Waals surface area (Å²) in [4.78, 5) is 33.5. The van der Waals surface area contributed by atoms with Gasteiger partial charge in [-0.2, -0.15) is 5.16 Å². The third-order valence-corrected chi connectivity index (χ3v) is 9.64. The Labute approximate surface area is 257 Å². The minimum atomic E-state index is -0.875. The first-order valence-electron chi connectivity index (χ1n) is 15.6. The number of H-pyrrole nitrogens is 1. The Kier molecular flexibility index (Phi) is 6.89. The maximum Gasteiger partial charge on any atom is 0.280 e. The van der Waals surface area contributed by atoms with E-state index in [1.165, 1.54) is 12.1 Å². The maximum atomic E-state index is 14.0. The van der Waals surface area contributed by atoms with Gasteiger partial charge in [-0.05, 0) is 85.9 Å². The first kappa shape index (κ1) is 27.9. The van der Waals surface area contributed by atoms with Gasteiger partial charge < -0.3 is 18.7 Å². The molecule has 45 heavy (non-hydrogen) atoms. The molecule has 2 fully saturated rings. The van der Waals surface area contributed by atoms with Crippen LogP contribution in [0.25, 0.3) is 33.4 Å². The number of carbonyl (C=O) groups is 1. The van der Waals surface area contributed by atoms with Crippen molar-refractivity contribution in [2.24, 2.45) is 5.92 Å². The van der Waals surface area contributed by atoms with Crippen molar-refractivity contribution in [2.45, 2.75) is 51.1 Å². The number of fused-ring (bicyclic) bond motifs is 4. The number of halogens is 2. The zero-order valence-corrected chi connectivity index (χ0v) is 24.7. The average molecular weight is 611 g/mol. The lowest BCUT2D eigenvalue weighted by molar-refractivity contribution is 0.0639. The van der Waals surface area contributed by atoms with Crippen LogP contribution >= 0.6 is 0 Å². The van der Waals surface area contributed by atoms with Crippen LogP contribution in [0, 0.1) is 17.6 Å². The number of rotatable bonds is 7. The van der Waals surface area contributed by atoms with Gasteiger partial charge in [-0.25, -0.2) is 8.78 Å². The Morgan fingerprint density at radius 1 is 0.933 bits per heavy atom. The van der Waals surface area contributed by atoms with Crippen LogP contribution in [-0.2, 0) is 17.7 Å². The number of benzene rings is 2. The van der Waals surface area contributed by atoms with E-state index in [0.717, 1.165) is 84.8 Å². The number of hydrogen-bond acceptors (Lipinski definition) is 5. The SMILES string of the molecule is O=C1c2c(nc(CCC3CCOCC3)c(-c3cc(=O)[nH]o3)c2-c2ccc3c(ccn3Cc3ccc(F)c(F)c3)c2)[C@H]2CCCN12. The van der Waals surface area contributed by atoms with E-state index in [4.69, 9.17) is 14.2 Å². The molecule has 1 N–H and O–H groups in total. The lowest BCUT2D eigenvalue weighted by atomic mass is 9.87. The molecule has 8 rings (SSSR count). The molecule has 0 saturated carbocycles. The number of nitrogens with one attached hydrogen (secondary N) is 1. The van der Waals surface area contributed by atoms with Crippen molar-refractivity contribution in [3.05, 3.63) is 99.2 Å². The van der Waals surface area contributed by atoms with Crippen LogP contribution in [0.5, 0.6) is 0 Å². The molecule has 2 saturated heterocycles. The van der Waals surface area contributed by atoms with Crippen molar-refractivity contribution in [3.63, 3.8) is 0 Å². The average Bonchev–Trinajstić information content (AvgIpc) is 3.84. The molecule has 8 nitrogen and oxygen atoms in total. The molecule has 0 radical (unpaired) electrons. The number of pyridine rings is 1. The third-order valence-electron chi connectivity index (χ3n) is 9.64. The van der Waals surface area contributed by atoms with Crippen LogP contribution in [0.1, 0.15) is 65.5 Å². The number of aromatic amines is 1. The van der Waals surface area contributed by atoms with Crippen molar-refractivity contribution in [2.75, 3.05) is 19.8 Å². The molecule has 1 atom stereocenters. The van der Waals surface area contributed by atoms with Crippen LogP contribution in [0.3, 0.4) is 0 Å². The Morgan fingerprint density at radius 3 is 2.60 bits per heavy atom. The molecule has 3 aliphatic heterocycles. The highest BCUT2D eigenvalue weighted by atomic mass is 19.2. The third kappa shape index (κ3) is 4.88. The summed E-state index contributed by atoms with van der Waals surface area (Å²) in [6.07, 6.45) is 7.33. The quantitative estimate of drug-likeness (QED) is 0.223. The van der Waals surface area contributed by atoms with Crippen LogP contribution in [0.2, 0.25) is 0 Å². The van der Waals surface area contributed by atoms with Gasteiger partial charge in [-0.15, -0.1) is 0 Å². The summed E-state index contributed by atoms with van der Waals surface area (Å²) in [5.41, 5.74) is 5.66. The van der Waals surface area contributed by atoms with Crippen LogP contribution < -0.4 is 5.56 Å². The van der Waals surface area contributed by atoms with Gasteiger partial charge in [0.2, 0.25) is 0 Å². The summed E-state index contributed by atoms with van der Waals surface area (Å²) in [6.45, 7) is 2.58. The molecule has 3 aliphatic rings. The minimum absolute atomic E-state index is 0.0406. The molecule has 3 aromatic heterocycles. The highest BCUT2D eigenvalue weighted by Gasteiger charge is 2.44. The van der Waals surface area contributed by atoms with Gasteiger partial charge in [0, 0.05) is 49.0 Å². The van der Waals surface area contributed by atoms with Gasteiger partial charge in [0.15, 0.2) is 17.4 Å². The molecule has 0 unspecified atom stereocenters. The molecule has 0 bridgehead atoms. The highest BCUT2D eigenvalue weighted by molar-refractivity contribution is 6.09. The van der Waals surface area contributed by atoms with Crippen molar-refractivity contribution in [3.8, 4) is 22.5 Å². The number of aromatic nitrogens is 3. The second kappa shape index (κ2) is 11.1. The molecule has 230 valence electrons. The summed E-state index contributed by atoms with van der Waals surface area (Å²) >= 11 is 0. The van der Waals surface area contributed by atoms with Crippen molar-refractivity contribution >= 4 is 16.8 Å². The minimum Gasteiger partial charge on any atom is -0.381 e. The summed E-state index contributed by atoms with van der Waals surface area (Å²) in [7, 11) is 0. The van der Waals surface area contributed by atoms with E-state index < -0.39 is 11.6 Å². The first-order chi connectivity index (χ1) is 21.9. The van der Waals surface area contributed by atoms with Crippen molar-refractivity contribution < 1.29 is 22.8 Å². The molecule has 2 aromatic carbocycles. The summed E-state index contributed by atoms with van der Waals surface area (Å²) in [6, 6.07) is 13.3. The Hall–Kier alpha value is -4.57. The van der Waals surface area contributed by atoms with Crippen LogP contribution in [-0.4, -0.2) is 45.3 Å². The van der Waals surface area contributed by atoms with Gasteiger partial charge in [0.25, 0.3) is 11.5 Å². The zero-order valence-electron chi connectivity index (χ0n) is 24.7. The van der Waals surface area contributed by atoms with Crippen LogP contribution in [0.15, 0.2) is 64.0 Å². The summed E-state index contributed by atoms with van der Waals surface area (Å²) < 4.78 is 40.7. The van der Waals surface area contributed by atoms with Crippen molar-refractivity contribution in [1.82, 2.24) is 19.6 Å². The van der Waals surface area contributed by atoms with E-state index in [-0.39, 0.29) is 17.5 Å². The lowest BCUT2D eigenvalue weighted by Crippen LogP contribution is -2.22. The molecular weight excluding hydrogens is 578 g/mol. The van der Waals surface area contributed by atoms with E-state index >= 15 is 0 Å². The number of carbonyl (C=O) groups excluding carboxylic acids is 1. The Balaban J connectivity index is 1.27. The van der Waals surface area contributed by atoms with Gasteiger partial charge in [-0.1, -0.05) is 12.1 Å². The van der Waals surface area contributed by atoms with Gasteiger partial charge in [-0.3, -0.25) is 14.6 Å². The lowest BCUT2D eigenvalue weighted by Gasteiger charge is -2.23. The van der Waals surface area contributed by atoms with E-state index in [0.29, 0.717) is 47.9 Å². The highest BCUT2D eigenvalue weighted by Crippen LogP contribution is 2.48. The fourth-order valence-electron chi connectivity index (χ4n) is 7.40. The number of nitrogens with zero attached hydrogens (tertiary/aromatic N) is 3. The Bertz CT molecular complexity index is 2000. The van der Waals surface area contributed by atoms with Gasteiger partial charge in [0.1, 0.15) is 0 Å². The van der Waals surface area contributed by atoms with E-state index in [9.17, 15) is 18.4 Å². The summed E-state index contributed by atoms with van der Waals surface area (Å²) in [5.74, 6) is -0.913. The van der Waals surface area contributed by atoms with E-state index in [2.05, 4.69) is 5.16 Å². The van der Waals surface area contributed by atoms with E-state index in [1.807, 2.05) is 39.9 Å². The molecular formula is C35H32F2N4O4. The zero-order chi connectivity index (χ0) is 30.7. The molecule has 10 heteroatoms. The van der Waals surface area contributed by atoms with E-state index in [1.54, 1.807) is 6.07 Å². The fourth-order valence-corrected chi connectivity index (χ4v) is 7.40. The number of amides is 1. The Morgan fingerprint density at radius 2 is 1.80 bits per heavy atom. The van der Waals surface area contributed by atoms with Gasteiger partial charge >= 0.3 is 0 Å². The van der Waals surface area contributed by atoms with Crippen LogP contribution in [0.4, 0.5) is 8.78 Å². The molecule has 0 spiro atoms. The number of hydrogen-bond donors (Lipinski definition) is 1. The maximum absolute atomic E-state index is 14.0. The normalized spacial score (nSPS) is 18.2. The van der Waals surface area contributed by atoms with Gasteiger partial charge in [0.05, 0.1) is 34.6 Å². The number of ether oxygens (including phenoxy) is 1. The molecule has 0 aliphatic carbocycles. The smallest absolute Gasteiger partial charge is 0.280 e. The fraction of sp³-hybridized carbons (Fsp3) is 0.343. The van der Waals surface area contributed by atoms with Crippen molar-refractivity contribution in [1.29, 1.82) is 0 Å². The molecule has 5 aromatic rings. The predicted molar refractivity (Wildman–Crippen MR) is 164 cm³/mol. The first-order valence-corrected chi connectivity index (χ1v) is 15.6. The predicted octanol–water partition coefficient (Wildman–Crippen LogP) is 6.63. The molecule has 1 amide bonds. The number of aryl methyl sites for hydroxylation is 1.